The molecule has 6 nitrogen and oxygen atoms in total. The molecule has 0 spiro atoms. The Labute approximate surface area is 180 Å². The van der Waals surface area contributed by atoms with Crippen molar-refractivity contribution in [1.29, 1.82) is 0 Å². The van der Waals surface area contributed by atoms with Gasteiger partial charge in [-0.3, -0.25) is 4.79 Å². The minimum Gasteiger partial charge on any atom is -0.497 e. The van der Waals surface area contributed by atoms with Crippen LogP contribution in [0.4, 0.5) is 0 Å². The predicted molar refractivity (Wildman–Crippen MR) is 116 cm³/mol. The van der Waals surface area contributed by atoms with Crippen LogP contribution in [0.3, 0.4) is 0 Å². The number of hydrogen-bond acceptors (Lipinski definition) is 5. The minimum absolute atomic E-state index is 0.0558. The number of rotatable bonds is 11. The zero-order valence-corrected chi connectivity index (χ0v) is 18.8. The first-order valence-corrected chi connectivity index (χ1v) is 11.2. The molecule has 1 aromatic rings. The Kier molecular flexibility index (Phi) is 9.63. The van der Waals surface area contributed by atoms with Crippen LogP contribution >= 0.6 is 0 Å². The van der Waals surface area contributed by atoms with Crippen molar-refractivity contribution >= 4 is 11.9 Å². The maximum atomic E-state index is 13.3. The summed E-state index contributed by atoms with van der Waals surface area (Å²) in [6, 6.07) is 7.62. The monoisotopic (exact) mass is 419 g/mol. The lowest BCUT2D eigenvalue weighted by molar-refractivity contribution is -0.158. The van der Waals surface area contributed by atoms with Crippen molar-refractivity contribution in [3.05, 3.63) is 29.8 Å². The summed E-state index contributed by atoms with van der Waals surface area (Å²) in [6.07, 6.45) is 3.92. The van der Waals surface area contributed by atoms with Gasteiger partial charge in [0.2, 0.25) is 5.91 Å². The van der Waals surface area contributed by atoms with Gasteiger partial charge in [0.1, 0.15) is 5.75 Å². The molecule has 1 aliphatic rings. The number of amides is 1. The van der Waals surface area contributed by atoms with Crippen LogP contribution in [0.5, 0.6) is 5.75 Å². The number of likely N-dealkylation sites (tertiary alicyclic amines) is 1. The van der Waals surface area contributed by atoms with Crippen LogP contribution in [0, 0.1) is 11.8 Å². The van der Waals surface area contributed by atoms with E-state index in [1.165, 1.54) is 5.56 Å². The van der Waals surface area contributed by atoms with Crippen LogP contribution in [0.2, 0.25) is 0 Å². The molecule has 0 aromatic heterocycles. The van der Waals surface area contributed by atoms with E-state index in [2.05, 4.69) is 26.0 Å². The van der Waals surface area contributed by atoms with E-state index >= 15 is 0 Å². The van der Waals surface area contributed by atoms with Gasteiger partial charge in [-0.05, 0) is 62.6 Å². The first-order chi connectivity index (χ1) is 14.4. The lowest BCUT2D eigenvalue weighted by atomic mass is 9.88. The van der Waals surface area contributed by atoms with Crippen molar-refractivity contribution in [2.75, 3.05) is 20.3 Å². The van der Waals surface area contributed by atoms with Crippen molar-refractivity contribution in [2.45, 2.75) is 71.4 Å². The summed E-state index contributed by atoms with van der Waals surface area (Å²) >= 11 is 0. The number of carbonyl (C=O) groups is 2. The molecule has 1 heterocycles. The zero-order valence-electron chi connectivity index (χ0n) is 18.8. The standard InChI is InChI=1S/C24H37NO5/c1-5-30-24(28)22(26)21-11-8-16-25(21)23(27)20(17(2)3)10-7-6-9-18-12-14-19(29-4)15-13-18/h12-15,17,20-22,26H,5-11,16H2,1-4H3/t20?,21-,22?/m0/s1. The minimum atomic E-state index is -1.26. The number of aliphatic hydroxyl groups excluding tert-OH is 1. The molecule has 1 N–H and O–H groups in total. The van der Waals surface area contributed by atoms with Gasteiger partial charge in [-0.15, -0.1) is 0 Å². The van der Waals surface area contributed by atoms with E-state index in [0.717, 1.165) is 37.9 Å². The number of hydrogen-bond donors (Lipinski definition) is 1. The Morgan fingerprint density at radius 1 is 1.20 bits per heavy atom. The summed E-state index contributed by atoms with van der Waals surface area (Å²) in [4.78, 5) is 27.0. The second-order valence-corrected chi connectivity index (χ2v) is 8.38. The molecule has 1 aromatic carbocycles. The van der Waals surface area contributed by atoms with E-state index in [1.54, 1.807) is 18.9 Å². The van der Waals surface area contributed by atoms with Crippen LogP contribution < -0.4 is 4.74 Å². The lowest BCUT2D eigenvalue weighted by Crippen LogP contribution is -2.49. The van der Waals surface area contributed by atoms with E-state index in [0.29, 0.717) is 13.0 Å². The van der Waals surface area contributed by atoms with Crippen molar-refractivity contribution in [1.82, 2.24) is 4.90 Å². The van der Waals surface area contributed by atoms with E-state index in [9.17, 15) is 14.7 Å². The first-order valence-electron chi connectivity index (χ1n) is 11.2. The van der Waals surface area contributed by atoms with Crippen LogP contribution in [-0.4, -0.2) is 54.3 Å². The number of methoxy groups -OCH3 is 1. The summed E-state index contributed by atoms with van der Waals surface area (Å²) < 4.78 is 10.1. The van der Waals surface area contributed by atoms with Gasteiger partial charge in [-0.25, -0.2) is 4.79 Å². The predicted octanol–water partition coefficient (Wildman–Crippen LogP) is 3.60. The van der Waals surface area contributed by atoms with Crippen LogP contribution in [0.1, 0.15) is 58.4 Å². The molecule has 1 fully saturated rings. The van der Waals surface area contributed by atoms with Crippen molar-refractivity contribution in [2.24, 2.45) is 11.8 Å². The van der Waals surface area contributed by atoms with Gasteiger partial charge >= 0.3 is 5.97 Å². The SMILES string of the molecule is CCOC(=O)C(O)[C@@H]1CCCN1C(=O)C(CCCCc1ccc(OC)cc1)C(C)C. The van der Waals surface area contributed by atoms with E-state index in [1.807, 2.05) is 12.1 Å². The van der Waals surface area contributed by atoms with Crippen molar-refractivity contribution in [3.63, 3.8) is 0 Å². The summed E-state index contributed by atoms with van der Waals surface area (Å²) in [7, 11) is 1.66. The average molecular weight is 420 g/mol. The molecule has 0 radical (unpaired) electrons. The Balaban J connectivity index is 1.90. The fraction of sp³-hybridized carbons (Fsp3) is 0.667. The lowest BCUT2D eigenvalue weighted by Gasteiger charge is -2.32. The van der Waals surface area contributed by atoms with Crippen LogP contribution in [-0.2, 0) is 20.7 Å². The van der Waals surface area contributed by atoms with Gasteiger partial charge in [0, 0.05) is 12.5 Å². The number of nitrogens with zero attached hydrogens (tertiary/aromatic N) is 1. The largest absolute Gasteiger partial charge is 0.497 e. The number of benzene rings is 1. The second-order valence-electron chi connectivity index (χ2n) is 8.38. The molecule has 1 saturated heterocycles. The normalized spacial score (nSPS) is 18.3. The topological polar surface area (TPSA) is 76.1 Å². The van der Waals surface area contributed by atoms with Gasteiger partial charge in [0.25, 0.3) is 0 Å². The second kappa shape index (κ2) is 11.9. The number of carbonyl (C=O) groups excluding carboxylic acids is 2. The van der Waals surface area contributed by atoms with Gasteiger partial charge in [0.05, 0.1) is 19.8 Å². The summed E-state index contributed by atoms with van der Waals surface area (Å²) in [5.41, 5.74) is 1.26. The highest BCUT2D eigenvalue weighted by atomic mass is 16.5. The van der Waals surface area contributed by atoms with Crippen molar-refractivity contribution < 1.29 is 24.2 Å². The molecule has 2 rings (SSSR count). The number of aryl methyl sites for hydroxylation is 1. The van der Waals surface area contributed by atoms with Crippen molar-refractivity contribution in [3.8, 4) is 5.75 Å². The summed E-state index contributed by atoms with van der Waals surface area (Å²) in [6.45, 7) is 6.66. The van der Waals surface area contributed by atoms with Gasteiger partial charge < -0.3 is 19.5 Å². The molecular formula is C24H37NO5. The van der Waals surface area contributed by atoms with Gasteiger partial charge in [-0.1, -0.05) is 32.4 Å². The molecule has 6 heteroatoms. The highest BCUT2D eigenvalue weighted by Crippen LogP contribution is 2.28. The van der Waals surface area contributed by atoms with E-state index in [-0.39, 0.29) is 24.3 Å². The van der Waals surface area contributed by atoms with E-state index < -0.39 is 18.1 Å². The summed E-state index contributed by atoms with van der Waals surface area (Å²) in [5, 5.41) is 10.4. The molecule has 1 amide bonds. The van der Waals surface area contributed by atoms with Crippen LogP contribution in [0.25, 0.3) is 0 Å². The highest BCUT2D eigenvalue weighted by molar-refractivity contribution is 5.82. The molecule has 1 aliphatic heterocycles. The third-order valence-electron chi connectivity index (χ3n) is 5.99. The fourth-order valence-corrected chi connectivity index (χ4v) is 4.22. The Morgan fingerprint density at radius 2 is 1.90 bits per heavy atom. The number of esters is 1. The molecule has 30 heavy (non-hydrogen) atoms. The Morgan fingerprint density at radius 3 is 2.50 bits per heavy atom. The smallest absolute Gasteiger partial charge is 0.337 e. The quantitative estimate of drug-likeness (QED) is 0.438. The molecule has 168 valence electrons. The third kappa shape index (κ3) is 6.46. The molecule has 3 atom stereocenters. The van der Waals surface area contributed by atoms with Gasteiger partial charge in [0.15, 0.2) is 6.10 Å². The molecular weight excluding hydrogens is 382 g/mol. The summed E-state index contributed by atoms with van der Waals surface area (Å²) in [5.74, 6) is 0.382. The Hall–Kier alpha value is -2.08. The molecule has 0 aliphatic carbocycles. The highest BCUT2D eigenvalue weighted by Gasteiger charge is 2.40. The van der Waals surface area contributed by atoms with Crippen LogP contribution in [0.15, 0.2) is 24.3 Å². The maximum Gasteiger partial charge on any atom is 0.337 e. The molecule has 0 saturated carbocycles. The number of ether oxygens (including phenoxy) is 2. The number of unbranched alkanes of at least 4 members (excludes halogenated alkanes) is 1. The Bertz CT molecular complexity index is 673. The maximum absolute atomic E-state index is 13.3. The molecule has 0 bridgehead atoms. The third-order valence-corrected chi connectivity index (χ3v) is 5.99. The fourth-order valence-electron chi connectivity index (χ4n) is 4.22. The van der Waals surface area contributed by atoms with E-state index in [4.69, 9.17) is 9.47 Å². The first kappa shape index (κ1) is 24.2. The average Bonchev–Trinajstić information content (AvgIpc) is 3.23. The molecule has 2 unspecified atom stereocenters. The number of aliphatic hydroxyl groups is 1. The zero-order chi connectivity index (χ0) is 22.1. The van der Waals surface area contributed by atoms with Gasteiger partial charge in [-0.2, -0.15) is 0 Å².